The minimum atomic E-state index is -0.782. The minimum absolute atomic E-state index is 0.0509. The first-order valence-corrected chi connectivity index (χ1v) is 6.87. The molecule has 2 rings (SSSR count). The molecule has 9 nitrogen and oxygen atoms in total. The van der Waals surface area contributed by atoms with E-state index in [9.17, 15) is 25.0 Å². The second-order valence-corrected chi connectivity index (χ2v) is 5.03. The van der Waals surface area contributed by atoms with E-state index in [4.69, 9.17) is 11.0 Å². The van der Waals surface area contributed by atoms with E-state index < -0.39 is 15.8 Å². The van der Waals surface area contributed by atoms with Crippen molar-refractivity contribution in [3.05, 3.63) is 78.9 Å². The number of rotatable bonds is 3. The molecule has 25 heavy (non-hydrogen) atoms. The smallest absolute Gasteiger partial charge is 0.287 e. The fraction of sp³-hybridized carbons (Fsp3) is 0.125. The quantitative estimate of drug-likeness (QED) is 0.668. The molecule has 0 spiro atoms. The van der Waals surface area contributed by atoms with Crippen molar-refractivity contribution in [2.45, 2.75) is 13.8 Å². The summed E-state index contributed by atoms with van der Waals surface area (Å²) >= 11 is 0. The zero-order chi connectivity index (χ0) is 19.1. The number of nitrogens with two attached hydrogens (primary N) is 1. The van der Waals surface area contributed by atoms with Crippen LogP contribution in [-0.2, 0) is 0 Å². The summed E-state index contributed by atoms with van der Waals surface area (Å²) in [6, 6.07) is 10.5. The van der Waals surface area contributed by atoms with Crippen LogP contribution in [0.3, 0.4) is 0 Å². The lowest BCUT2D eigenvalue weighted by Gasteiger charge is -1.99. The first-order chi connectivity index (χ1) is 11.7. The average molecular weight is 342 g/mol. The number of primary amides is 1. The van der Waals surface area contributed by atoms with Gasteiger partial charge in [0.05, 0.1) is 9.85 Å². The molecule has 0 fully saturated rings. The van der Waals surface area contributed by atoms with Gasteiger partial charge in [-0.05, 0) is 37.1 Å². The van der Waals surface area contributed by atoms with Crippen LogP contribution in [0, 0.1) is 45.4 Å². The lowest BCUT2D eigenvalue weighted by molar-refractivity contribution is -0.385. The first kappa shape index (κ1) is 19.2. The Morgan fingerprint density at radius 2 is 1.48 bits per heavy atom. The number of aryl methyl sites for hydroxylation is 2. The molecule has 0 aromatic heterocycles. The Kier molecular flexibility index (Phi) is 6.29. The Labute approximate surface area is 142 Å². The van der Waals surface area contributed by atoms with Gasteiger partial charge in [-0.3, -0.25) is 25.0 Å². The maximum atomic E-state index is 10.8. The Balaban J connectivity index is 0.000000251. The maximum absolute atomic E-state index is 10.8. The van der Waals surface area contributed by atoms with Crippen LogP contribution in [-0.4, -0.2) is 15.8 Å². The number of nitro groups is 2. The molecule has 0 aliphatic carbocycles. The van der Waals surface area contributed by atoms with Crippen LogP contribution in [0.1, 0.15) is 27.0 Å². The van der Waals surface area contributed by atoms with E-state index >= 15 is 0 Å². The molecular weight excluding hydrogens is 328 g/mol. The second kappa shape index (κ2) is 8.16. The van der Waals surface area contributed by atoms with Gasteiger partial charge >= 0.3 is 0 Å². The second-order valence-electron chi connectivity index (χ2n) is 5.03. The maximum Gasteiger partial charge on any atom is 0.287 e. The largest absolute Gasteiger partial charge is 0.365 e. The number of benzene rings is 2. The van der Waals surface area contributed by atoms with E-state index in [0.717, 1.165) is 11.1 Å². The van der Waals surface area contributed by atoms with E-state index in [1.165, 1.54) is 24.3 Å². The van der Waals surface area contributed by atoms with Crippen LogP contribution < -0.4 is 5.73 Å². The normalized spacial score (nSPS) is 9.32. The fourth-order valence-corrected chi connectivity index (χ4v) is 1.91. The third kappa shape index (κ3) is 5.11. The van der Waals surface area contributed by atoms with Crippen molar-refractivity contribution in [1.82, 2.24) is 0 Å². The van der Waals surface area contributed by atoms with Gasteiger partial charge in [0, 0.05) is 12.1 Å². The first-order valence-electron chi connectivity index (χ1n) is 6.87. The van der Waals surface area contributed by atoms with Gasteiger partial charge in [0.25, 0.3) is 17.3 Å². The van der Waals surface area contributed by atoms with Crippen LogP contribution in [0.4, 0.5) is 11.4 Å². The highest BCUT2D eigenvalue weighted by molar-refractivity contribution is 5.97. The number of carbonyl (C=O) groups is 1. The predicted octanol–water partition coefficient (Wildman–Crippen LogP) is 2.78. The topological polar surface area (TPSA) is 153 Å². The van der Waals surface area contributed by atoms with Crippen molar-refractivity contribution in [2.75, 3.05) is 0 Å². The van der Waals surface area contributed by atoms with Crippen molar-refractivity contribution < 1.29 is 14.6 Å². The predicted molar refractivity (Wildman–Crippen MR) is 88.9 cm³/mol. The lowest BCUT2D eigenvalue weighted by atomic mass is 10.1. The van der Waals surface area contributed by atoms with Gasteiger partial charge in [-0.15, -0.1) is 0 Å². The molecule has 0 aliphatic rings. The molecule has 2 N–H and O–H groups in total. The lowest BCUT2D eigenvalue weighted by Crippen LogP contribution is -2.13. The fourth-order valence-electron chi connectivity index (χ4n) is 1.91. The monoisotopic (exact) mass is 342 g/mol. The molecule has 0 bridgehead atoms. The van der Waals surface area contributed by atoms with Gasteiger partial charge in [0.15, 0.2) is 0 Å². The summed E-state index contributed by atoms with van der Waals surface area (Å²) in [5.74, 6) is -0.782. The van der Waals surface area contributed by atoms with Gasteiger partial charge < -0.3 is 5.73 Å². The van der Waals surface area contributed by atoms with Crippen LogP contribution in [0.15, 0.2) is 36.4 Å². The third-order valence-corrected chi connectivity index (χ3v) is 3.08. The van der Waals surface area contributed by atoms with Crippen LogP contribution in [0.25, 0.3) is 0 Å². The molecule has 9 heteroatoms. The van der Waals surface area contributed by atoms with E-state index in [2.05, 4.69) is 0 Å². The van der Waals surface area contributed by atoms with Crippen molar-refractivity contribution in [1.29, 1.82) is 5.26 Å². The van der Waals surface area contributed by atoms with Crippen LogP contribution in [0.2, 0.25) is 0 Å². The molecule has 0 aliphatic heterocycles. The number of carbonyl (C=O) groups excluding carboxylic acids is 1. The van der Waals surface area contributed by atoms with Gasteiger partial charge in [0.1, 0.15) is 17.2 Å². The van der Waals surface area contributed by atoms with Crippen molar-refractivity contribution in [3.63, 3.8) is 0 Å². The molecular formula is C16H14N4O5. The van der Waals surface area contributed by atoms with Gasteiger partial charge in [-0.2, -0.15) is 5.26 Å². The average Bonchev–Trinajstić information content (AvgIpc) is 2.54. The van der Waals surface area contributed by atoms with E-state index in [-0.39, 0.29) is 22.5 Å². The SMILES string of the molecule is Cc1ccc([N+](=O)[O-])c(C#N)c1.Cc1ccc([N+](=O)[O-])c(C(N)=O)c1. The van der Waals surface area contributed by atoms with Gasteiger partial charge in [-0.1, -0.05) is 12.1 Å². The summed E-state index contributed by atoms with van der Waals surface area (Å²) in [7, 11) is 0. The van der Waals surface area contributed by atoms with Gasteiger partial charge in [0.2, 0.25) is 0 Å². The Hall–Kier alpha value is -3.80. The van der Waals surface area contributed by atoms with E-state index in [0.29, 0.717) is 0 Å². The standard InChI is InChI=1S/C8H8N2O3.C8H6N2O2/c1-5-2-3-7(10(12)13)6(4-5)8(9)11;1-6-2-3-8(10(11)12)7(4-6)5-9/h2-4H,1H3,(H2,9,11);2-4H,1H3. The number of nitriles is 1. The van der Waals surface area contributed by atoms with Crippen molar-refractivity contribution in [2.24, 2.45) is 5.73 Å². The van der Waals surface area contributed by atoms with E-state index in [1.807, 2.05) is 0 Å². The molecule has 2 aromatic carbocycles. The molecule has 0 unspecified atom stereocenters. The number of hydrogen-bond acceptors (Lipinski definition) is 6. The summed E-state index contributed by atoms with van der Waals surface area (Å²) in [4.78, 5) is 30.4. The molecule has 0 atom stereocenters. The van der Waals surface area contributed by atoms with Gasteiger partial charge in [-0.25, -0.2) is 0 Å². The third-order valence-electron chi connectivity index (χ3n) is 3.08. The van der Waals surface area contributed by atoms with Crippen molar-refractivity contribution in [3.8, 4) is 6.07 Å². The highest BCUT2D eigenvalue weighted by atomic mass is 16.6. The summed E-state index contributed by atoms with van der Waals surface area (Å²) < 4.78 is 0. The highest BCUT2D eigenvalue weighted by Crippen LogP contribution is 2.19. The number of nitro benzene ring substituents is 2. The molecule has 0 radical (unpaired) electrons. The van der Waals surface area contributed by atoms with Crippen molar-refractivity contribution >= 4 is 17.3 Å². The molecule has 0 heterocycles. The van der Waals surface area contributed by atoms with Crippen LogP contribution >= 0.6 is 0 Å². The highest BCUT2D eigenvalue weighted by Gasteiger charge is 2.17. The number of amides is 1. The molecule has 0 saturated carbocycles. The minimum Gasteiger partial charge on any atom is -0.365 e. The Morgan fingerprint density at radius 1 is 1.00 bits per heavy atom. The molecule has 128 valence electrons. The Morgan fingerprint density at radius 3 is 1.92 bits per heavy atom. The summed E-state index contributed by atoms with van der Waals surface area (Å²) in [5, 5.41) is 29.3. The van der Waals surface area contributed by atoms with E-state index in [1.54, 1.807) is 32.0 Å². The zero-order valence-electron chi connectivity index (χ0n) is 13.4. The summed E-state index contributed by atoms with van der Waals surface area (Å²) in [6.07, 6.45) is 0. The Bertz CT molecular complexity index is 887. The summed E-state index contributed by atoms with van der Waals surface area (Å²) in [6.45, 7) is 3.51. The number of hydrogen-bond donors (Lipinski definition) is 1. The molecule has 2 aromatic rings. The zero-order valence-corrected chi connectivity index (χ0v) is 13.4. The molecule has 0 saturated heterocycles. The van der Waals surface area contributed by atoms with Crippen LogP contribution in [0.5, 0.6) is 0 Å². The molecule has 1 amide bonds. The summed E-state index contributed by atoms with van der Waals surface area (Å²) in [5.41, 5.74) is 6.26. The number of nitrogens with zero attached hydrogens (tertiary/aromatic N) is 3.